The Labute approximate surface area is 258 Å². The molecule has 4 rings (SSSR count). The number of carbonyl (C=O) groups is 2. The lowest BCUT2D eigenvalue weighted by atomic mass is 9.70. The highest BCUT2D eigenvalue weighted by Gasteiger charge is 2.46. The number of benzene rings is 2. The molecule has 1 aliphatic carbocycles. The largest absolute Gasteiger partial charge is 0.352 e. The van der Waals surface area contributed by atoms with Crippen LogP contribution in [-0.4, -0.2) is 57.6 Å². The number of carbonyl (C=O) groups excluding carboxylic acids is 2. The third-order valence-electron chi connectivity index (χ3n) is 8.50. The minimum absolute atomic E-state index is 0.235. The molecule has 0 spiro atoms. The molecule has 42 heavy (non-hydrogen) atoms. The molecular formula is C29H37Cl2N3O6S2. The fraction of sp³-hybridized carbons (Fsp3) is 0.517. The second kappa shape index (κ2) is 12.8. The Morgan fingerprint density at radius 1 is 1.05 bits per heavy atom. The van der Waals surface area contributed by atoms with E-state index in [0.29, 0.717) is 22.9 Å². The molecule has 1 aliphatic heterocycles. The zero-order chi connectivity index (χ0) is 31.0. The van der Waals surface area contributed by atoms with Crippen LogP contribution < -0.4 is 10.0 Å². The first-order chi connectivity index (χ1) is 19.6. The van der Waals surface area contributed by atoms with E-state index < -0.39 is 49.2 Å². The van der Waals surface area contributed by atoms with Gasteiger partial charge in [0.25, 0.3) is 0 Å². The highest BCUT2D eigenvalue weighted by Crippen LogP contribution is 2.44. The maximum atomic E-state index is 13.4. The maximum Gasteiger partial charge on any atom is 0.234 e. The standard InChI is InChI=1S/C29H37Cl2N3O6S2/c1-17(18(2)28(19-8-10-22(30)11-9-19)34(3)42(39,40)24-12-13-24)27-25(20-6-5-7-23(31)14-20)15-21(29(36)32-27)16-26(35)33-41(4,37)38/h5-11,14,17-18,21,24-25,27-28H,12-13,15-16H2,1-4H3,(H,32,36)(H,33,35)/t17?,18?,21-,25-,27+,28?/m1/s1. The molecule has 1 saturated heterocycles. The molecule has 0 radical (unpaired) electrons. The minimum atomic E-state index is -3.77. The Morgan fingerprint density at radius 2 is 1.69 bits per heavy atom. The Kier molecular flexibility index (Phi) is 9.99. The first kappa shape index (κ1) is 32.7. The first-order valence-electron chi connectivity index (χ1n) is 13.9. The summed E-state index contributed by atoms with van der Waals surface area (Å²) in [4.78, 5) is 25.8. The number of halogens is 2. The van der Waals surface area contributed by atoms with E-state index in [2.05, 4.69) is 5.32 Å². The lowest BCUT2D eigenvalue weighted by molar-refractivity contribution is -0.133. The maximum absolute atomic E-state index is 13.4. The molecule has 0 bridgehead atoms. The third-order valence-corrected chi connectivity index (χ3v) is 11.9. The van der Waals surface area contributed by atoms with Gasteiger partial charge in [-0.1, -0.05) is 61.3 Å². The van der Waals surface area contributed by atoms with E-state index in [-0.39, 0.29) is 36.5 Å². The van der Waals surface area contributed by atoms with Crippen molar-refractivity contribution in [3.8, 4) is 0 Å². The molecule has 0 aromatic heterocycles. The van der Waals surface area contributed by atoms with Crippen LogP contribution in [0.25, 0.3) is 0 Å². The number of hydrogen-bond donors (Lipinski definition) is 2. The molecular weight excluding hydrogens is 621 g/mol. The van der Waals surface area contributed by atoms with Crippen molar-refractivity contribution < 1.29 is 26.4 Å². The molecule has 6 atom stereocenters. The van der Waals surface area contributed by atoms with Crippen molar-refractivity contribution in [2.45, 2.75) is 62.8 Å². The Balaban J connectivity index is 1.68. The van der Waals surface area contributed by atoms with E-state index in [1.807, 2.05) is 48.9 Å². The van der Waals surface area contributed by atoms with Gasteiger partial charge in [-0.25, -0.2) is 16.8 Å². The summed E-state index contributed by atoms with van der Waals surface area (Å²) in [5.74, 6) is -2.64. The fourth-order valence-corrected chi connectivity index (χ4v) is 8.70. The van der Waals surface area contributed by atoms with Gasteiger partial charge in [0.2, 0.25) is 31.9 Å². The lowest BCUT2D eigenvalue weighted by Gasteiger charge is -2.44. The summed E-state index contributed by atoms with van der Waals surface area (Å²) in [6.07, 6.45) is 2.15. The monoisotopic (exact) mass is 657 g/mol. The van der Waals surface area contributed by atoms with E-state index in [1.165, 1.54) is 4.31 Å². The van der Waals surface area contributed by atoms with Crippen LogP contribution in [0.2, 0.25) is 10.0 Å². The molecule has 2 aliphatic rings. The predicted octanol–water partition coefficient (Wildman–Crippen LogP) is 4.49. The van der Waals surface area contributed by atoms with Gasteiger partial charge >= 0.3 is 0 Å². The molecule has 2 fully saturated rings. The summed E-state index contributed by atoms with van der Waals surface area (Å²) < 4.78 is 53.4. The molecule has 2 aromatic rings. The van der Waals surface area contributed by atoms with Gasteiger partial charge in [-0.2, -0.15) is 4.31 Å². The quantitative estimate of drug-likeness (QED) is 0.366. The number of amides is 2. The zero-order valence-corrected chi connectivity index (χ0v) is 27.1. The van der Waals surface area contributed by atoms with Gasteiger partial charge in [0.05, 0.1) is 17.5 Å². The van der Waals surface area contributed by atoms with Gasteiger partial charge in [0.15, 0.2) is 0 Å². The molecule has 2 aromatic carbocycles. The van der Waals surface area contributed by atoms with Crippen LogP contribution in [-0.2, 0) is 29.6 Å². The third kappa shape index (κ3) is 7.66. The fourth-order valence-electron chi connectivity index (χ4n) is 6.05. The van der Waals surface area contributed by atoms with Gasteiger partial charge in [0, 0.05) is 41.4 Å². The Bertz CT molecular complexity index is 1530. The van der Waals surface area contributed by atoms with E-state index >= 15 is 0 Å². The topological polar surface area (TPSA) is 130 Å². The normalized spacial score (nSPS) is 23.6. The summed E-state index contributed by atoms with van der Waals surface area (Å²) >= 11 is 12.5. The minimum Gasteiger partial charge on any atom is -0.352 e. The molecule has 3 unspecified atom stereocenters. The average Bonchev–Trinajstić information content (AvgIpc) is 3.75. The number of nitrogens with one attached hydrogen (secondary N) is 2. The predicted molar refractivity (Wildman–Crippen MR) is 164 cm³/mol. The number of hydrogen-bond acceptors (Lipinski definition) is 6. The van der Waals surface area contributed by atoms with Crippen molar-refractivity contribution in [3.05, 3.63) is 69.7 Å². The molecule has 9 nitrogen and oxygen atoms in total. The molecule has 13 heteroatoms. The Morgan fingerprint density at radius 3 is 2.26 bits per heavy atom. The first-order valence-corrected chi connectivity index (χ1v) is 18.0. The van der Waals surface area contributed by atoms with Crippen LogP contribution in [0, 0.1) is 17.8 Å². The van der Waals surface area contributed by atoms with Crippen molar-refractivity contribution in [3.63, 3.8) is 0 Å². The van der Waals surface area contributed by atoms with E-state index in [9.17, 15) is 26.4 Å². The number of rotatable bonds is 11. The Hall–Kier alpha value is -2.18. The summed E-state index contributed by atoms with van der Waals surface area (Å²) in [6.45, 7) is 3.97. The van der Waals surface area contributed by atoms with Crippen LogP contribution in [0.4, 0.5) is 0 Å². The zero-order valence-electron chi connectivity index (χ0n) is 24.0. The van der Waals surface area contributed by atoms with Crippen molar-refractivity contribution >= 4 is 55.1 Å². The molecule has 2 N–H and O–H groups in total. The second-order valence-corrected chi connectivity index (χ2v) is 16.5. The van der Waals surface area contributed by atoms with Gasteiger partial charge < -0.3 is 5.32 Å². The van der Waals surface area contributed by atoms with Crippen LogP contribution >= 0.6 is 23.2 Å². The smallest absolute Gasteiger partial charge is 0.234 e. The summed E-state index contributed by atoms with van der Waals surface area (Å²) in [7, 11) is -5.71. The van der Waals surface area contributed by atoms with Crippen molar-refractivity contribution in [1.29, 1.82) is 0 Å². The molecule has 2 amide bonds. The van der Waals surface area contributed by atoms with Gasteiger partial charge in [-0.3, -0.25) is 14.3 Å². The van der Waals surface area contributed by atoms with Crippen molar-refractivity contribution in [1.82, 2.24) is 14.3 Å². The summed E-state index contributed by atoms with van der Waals surface area (Å²) in [5, 5.41) is 3.77. The number of nitrogens with zero attached hydrogens (tertiary/aromatic N) is 1. The van der Waals surface area contributed by atoms with Crippen LogP contribution in [0.5, 0.6) is 0 Å². The van der Waals surface area contributed by atoms with Crippen LogP contribution in [0.15, 0.2) is 48.5 Å². The highest BCUT2D eigenvalue weighted by molar-refractivity contribution is 7.90. The molecule has 230 valence electrons. The lowest BCUT2D eigenvalue weighted by Crippen LogP contribution is -2.54. The van der Waals surface area contributed by atoms with Gasteiger partial charge in [-0.05, 0) is 66.5 Å². The van der Waals surface area contributed by atoms with Crippen LogP contribution in [0.1, 0.15) is 62.6 Å². The summed E-state index contributed by atoms with van der Waals surface area (Å²) in [5.41, 5.74) is 1.66. The van der Waals surface area contributed by atoms with E-state index in [0.717, 1.165) is 17.4 Å². The van der Waals surface area contributed by atoms with E-state index in [4.69, 9.17) is 23.2 Å². The average molecular weight is 659 g/mol. The SMILES string of the molecule is CC(C(C)[C@@H]1NC(=O)[C@@H](CC(=O)NS(C)(=O)=O)C[C@@H]1c1cccc(Cl)c1)C(c1ccc(Cl)cc1)N(C)S(=O)(=O)C1CC1. The number of sulfonamides is 2. The number of piperidine rings is 1. The van der Waals surface area contributed by atoms with Crippen molar-refractivity contribution in [2.24, 2.45) is 17.8 Å². The van der Waals surface area contributed by atoms with Gasteiger partial charge in [-0.15, -0.1) is 0 Å². The van der Waals surface area contributed by atoms with Crippen molar-refractivity contribution in [2.75, 3.05) is 13.3 Å². The van der Waals surface area contributed by atoms with Crippen LogP contribution in [0.3, 0.4) is 0 Å². The molecule has 1 saturated carbocycles. The summed E-state index contributed by atoms with van der Waals surface area (Å²) in [6, 6.07) is 13.5. The second-order valence-electron chi connectivity index (χ2n) is 11.6. The van der Waals surface area contributed by atoms with Gasteiger partial charge in [0.1, 0.15) is 0 Å². The molecule has 1 heterocycles. The van der Waals surface area contributed by atoms with E-state index in [1.54, 1.807) is 25.2 Å². The highest BCUT2D eigenvalue weighted by atomic mass is 35.5.